The number of halogens is 1. The quantitative estimate of drug-likeness (QED) is 0.592. The Balaban J connectivity index is 2.06. The first-order valence-corrected chi connectivity index (χ1v) is 6.70. The molecular weight excluding hydrogens is 295 g/mol. The minimum Gasteiger partial charge on any atom is -0.143 e. The summed E-state index contributed by atoms with van der Waals surface area (Å²) in [7, 11) is 0. The summed E-state index contributed by atoms with van der Waals surface area (Å²) in [5.74, 6) is 0. The molecule has 0 spiro atoms. The fraction of sp³-hybridized carbons (Fsp3) is 0.778. The van der Waals surface area contributed by atoms with Crippen molar-refractivity contribution in [2.75, 3.05) is 0 Å². The van der Waals surface area contributed by atoms with Crippen molar-refractivity contribution in [2.24, 2.45) is 0 Å². The molecule has 2 nitrogen and oxygen atoms in total. The number of hydrogen-bond acceptors (Lipinski definition) is 3. The van der Waals surface area contributed by atoms with Gasteiger partial charge in [-0.25, -0.2) is 0 Å². The topological polar surface area (TPSA) is 25.8 Å². The lowest BCUT2D eigenvalue weighted by molar-refractivity contribution is 0.630. The van der Waals surface area contributed by atoms with E-state index in [1.54, 1.807) is 11.3 Å². The Morgan fingerprint density at radius 2 is 1.92 bits per heavy atom. The van der Waals surface area contributed by atoms with Gasteiger partial charge in [0.25, 0.3) is 0 Å². The maximum atomic E-state index is 4.09. The smallest absolute Gasteiger partial charge is 0.143 e. The van der Waals surface area contributed by atoms with Gasteiger partial charge in [-0.05, 0) is 29.0 Å². The molecule has 0 atom stereocenters. The molecular formula is C9H15IN2S. The first kappa shape index (κ1) is 11.4. The zero-order chi connectivity index (χ0) is 9.52. The van der Waals surface area contributed by atoms with Gasteiger partial charge in [0, 0.05) is 6.42 Å². The van der Waals surface area contributed by atoms with Crippen LogP contribution >= 0.6 is 33.9 Å². The average Bonchev–Trinajstić information content (AvgIpc) is 2.51. The fourth-order valence-corrected chi connectivity index (χ4v) is 2.69. The Kier molecular flexibility index (Phi) is 5.86. The zero-order valence-corrected chi connectivity index (χ0v) is 10.9. The molecule has 1 rings (SSSR count). The van der Waals surface area contributed by atoms with Crippen LogP contribution in [-0.2, 0) is 6.42 Å². The van der Waals surface area contributed by atoms with Crippen LogP contribution in [0.4, 0.5) is 0 Å². The van der Waals surface area contributed by atoms with Crippen LogP contribution in [0.15, 0.2) is 0 Å². The zero-order valence-electron chi connectivity index (χ0n) is 7.92. The van der Waals surface area contributed by atoms with E-state index >= 15 is 0 Å². The largest absolute Gasteiger partial charge is 0.178 e. The number of aryl methyl sites for hydroxylation is 1. The molecule has 0 fully saturated rings. The van der Waals surface area contributed by atoms with Crippen LogP contribution in [-0.4, -0.2) is 10.2 Å². The van der Waals surface area contributed by atoms with Crippen LogP contribution in [0.2, 0.25) is 0 Å². The lowest BCUT2D eigenvalue weighted by Crippen LogP contribution is -1.84. The highest BCUT2D eigenvalue weighted by Crippen LogP contribution is 2.14. The minimum atomic E-state index is 1.06. The lowest BCUT2D eigenvalue weighted by atomic mass is 10.1. The van der Waals surface area contributed by atoms with Gasteiger partial charge in [0.1, 0.15) is 5.01 Å². The van der Waals surface area contributed by atoms with E-state index in [9.17, 15) is 0 Å². The summed E-state index contributed by atoms with van der Waals surface area (Å²) >= 11 is 3.94. The number of aromatic nitrogens is 2. The first-order valence-electron chi connectivity index (χ1n) is 4.81. The van der Waals surface area contributed by atoms with Crippen molar-refractivity contribution >= 4 is 33.9 Å². The van der Waals surface area contributed by atoms with Gasteiger partial charge in [0.15, 0.2) is 3.01 Å². The summed E-state index contributed by atoms with van der Waals surface area (Å²) in [6.07, 6.45) is 7.77. The van der Waals surface area contributed by atoms with Crippen molar-refractivity contribution in [3.63, 3.8) is 0 Å². The molecule has 0 aliphatic carbocycles. The van der Waals surface area contributed by atoms with Crippen molar-refractivity contribution in [3.8, 4) is 0 Å². The van der Waals surface area contributed by atoms with Crippen LogP contribution in [0.5, 0.6) is 0 Å². The predicted molar refractivity (Wildman–Crippen MR) is 65.1 cm³/mol. The van der Waals surface area contributed by atoms with Crippen molar-refractivity contribution < 1.29 is 0 Å². The molecule has 1 aromatic rings. The Bertz CT molecular complexity index is 237. The molecule has 0 N–H and O–H groups in total. The molecule has 0 saturated carbocycles. The third-order valence-electron chi connectivity index (χ3n) is 1.94. The maximum Gasteiger partial charge on any atom is 0.178 e. The van der Waals surface area contributed by atoms with Gasteiger partial charge in [-0.2, -0.15) is 0 Å². The monoisotopic (exact) mass is 310 g/mol. The van der Waals surface area contributed by atoms with Gasteiger partial charge < -0.3 is 0 Å². The maximum absolute atomic E-state index is 4.09. The molecule has 0 radical (unpaired) electrons. The second-order valence-electron chi connectivity index (χ2n) is 3.11. The number of unbranched alkanes of at least 4 members (excludes halogenated alkanes) is 4. The fourth-order valence-electron chi connectivity index (χ4n) is 1.21. The van der Waals surface area contributed by atoms with E-state index in [0.717, 1.165) is 9.44 Å². The van der Waals surface area contributed by atoms with Crippen molar-refractivity contribution in [2.45, 2.75) is 45.4 Å². The summed E-state index contributed by atoms with van der Waals surface area (Å²) in [4.78, 5) is 0. The van der Waals surface area contributed by atoms with E-state index in [4.69, 9.17) is 0 Å². The predicted octanol–water partition coefficient (Wildman–Crippen LogP) is 3.66. The highest BCUT2D eigenvalue weighted by molar-refractivity contribution is 14.1. The Morgan fingerprint density at radius 1 is 1.15 bits per heavy atom. The van der Waals surface area contributed by atoms with E-state index < -0.39 is 0 Å². The molecule has 1 heterocycles. The molecule has 0 amide bonds. The van der Waals surface area contributed by atoms with Gasteiger partial charge >= 0.3 is 0 Å². The molecule has 4 heteroatoms. The van der Waals surface area contributed by atoms with Crippen molar-refractivity contribution in [1.29, 1.82) is 0 Å². The number of nitrogens with zero attached hydrogens (tertiary/aromatic N) is 2. The molecule has 13 heavy (non-hydrogen) atoms. The van der Waals surface area contributed by atoms with E-state index in [0.29, 0.717) is 0 Å². The Hall–Kier alpha value is 0.290. The molecule has 0 saturated heterocycles. The number of hydrogen-bond donors (Lipinski definition) is 0. The summed E-state index contributed by atoms with van der Waals surface area (Å²) in [5, 5.41) is 9.28. The van der Waals surface area contributed by atoms with Crippen molar-refractivity contribution in [1.82, 2.24) is 10.2 Å². The molecule has 0 aromatic carbocycles. The summed E-state index contributed by atoms with van der Waals surface area (Å²) in [6, 6.07) is 0. The molecule has 0 aliphatic heterocycles. The van der Waals surface area contributed by atoms with E-state index in [1.807, 2.05) is 0 Å². The lowest BCUT2D eigenvalue weighted by Gasteiger charge is -1.96. The van der Waals surface area contributed by atoms with Gasteiger partial charge in [-0.3, -0.25) is 0 Å². The first-order chi connectivity index (χ1) is 6.33. The van der Waals surface area contributed by atoms with Crippen LogP contribution < -0.4 is 0 Å². The highest BCUT2D eigenvalue weighted by atomic mass is 127. The van der Waals surface area contributed by atoms with E-state index in [-0.39, 0.29) is 0 Å². The van der Waals surface area contributed by atoms with Gasteiger partial charge in [-0.1, -0.05) is 43.9 Å². The van der Waals surface area contributed by atoms with Crippen LogP contribution in [0.25, 0.3) is 0 Å². The minimum absolute atomic E-state index is 1.06. The van der Waals surface area contributed by atoms with Crippen molar-refractivity contribution in [3.05, 3.63) is 8.02 Å². The second-order valence-corrected chi connectivity index (χ2v) is 5.93. The summed E-state index contributed by atoms with van der Waals surface area (Å²) in [5.41, 5.74) is 0. The molecule has 1 aromatic heterocycles. The molecule has 74 valence electrons. The SMILES string of the molecule is CCCCCCCc1nnc(I)s1. The normalized spacial score (nSPS) is 10.6. The van der Waals surface area contributed by atoms with Gasteiger partial charge in [0.05, 0.1) is 0 Å². The third-order valence-corrected chi connectivity index (χ3v) is 3.58. The van der Waals surface area contributed by atoms with Gasteiger partial charge in [-0.15, -0.1) is 10.2 Å². The van der Waals surface area contributed by atoms with E-state index in [1.165, 1.54) is 37.1 Å². The Labute approximate surface area is 97.3 Å². The molecule has 0 aliphatic rings. The molecule has 0 bridgehead atoms. The second kappa shape index (κ2) is 6.70. The van der Waals surface area contributed by atoms with E-state index in [2.05, 4.69) is 39.7 Å². The standard InChI is InChI=1S/C9H15IN2S/c1-2-3-4-5-6-7-8-11-12-9(10)13-8/h2-7H2,1H3. The summed E-state index contributed by atoms with van der Waals surface area (Å²) < 4.78 is 1.06. The van der Waals surface area contributed by atoms with Crippen LogP contribution in [0, 0.1) is 3.01 Å². The third kappa shape index (κ3) is 4.90. The highest BCUT2D eigenvalue weighted by Gasteiger charge is 2.00. The van der Waals surface area contributed by atoms with Crippen LogP contribution in [0.3, 0.4) is 0 Å². The Morgan fingerprint density at radius 3 is 2.54 bits per heavy atom. The number of rotatable bonds is 6. The van der Waals surface area contributed by atoms with Crippen LogP contribution in [0.1, 0.15) is 44.0 Å². The summed E-state index contributed by atoms with van der Waals surface area (Å²) in [6.45, 7) is 2.24. The average molecular weight is 310 g/mol. The van der Waals surface area contributed by atoms with Gasteiger partial charge in [0.2, 0.25) is 0 Å². The molecule has 0 unspecified atom stereocenters.